The van der Waals surface area contributed by atoms with Gasteiger partial charge in [0.15, 0.2) is 0 Å². The molecule has 0 aliphatic heterocycles. The summed E-state index contributed by atoms with van der Waals surface area (Å²) < 4.78 is 0. The fourth-order valence-electron chi connectivity index (χ4n) is 0.998. The number of rotatable bonds is 2. The van der Waals surface area contributed by atoms with Gasteiger partial charge in [0.25, 0.3) is 0 Å². The Labute approximate surface area is 82.8 Å². The van der Waals surface area contributed by atoms with Crippen molar-refractivity contribution in [1.82, 2.24) is 5.43 Å². The lowest BCUT2D eigenvalue weighted by molar-refractivity contribution is 0.249. The summed E-state index contributed by atoms with van der Waals surface area (Å²) in [5.74, 6) is 0. The highest BCUT2D eigenvalue weighted by Gasteiger charge is 1.96. The summed E-state index contributed by atoms with van der Waals surface area (Å²) in [6.45, 7) is 3.82. The molecule has 0 radical (unpaired) electrons. The number of aryl methyl sites for hydroxylation is 1. The molecule has 0 bridgehead atoms. The number of hydrazone groups is 1. The van der Waals surface area contributed by atoms with Crippen LogP contribution in [0, 0.1) is 6.92 Å². The highest BCUT2D eigenvalue weighted by molar-refractivity contribution is 5.99. The lowest BCUT2D eigenvalue weighted by Crippen LogP contribution is -2.25. The van der Waals surface area contributed by atoms with Crippen LogP contribution in [0.25, 0.3) is 0 Å². The Kier molecular flexibility index (Phi) is 3.23. The first-order valence-electron chi connectivity index (χ1n) is 4.26. The van der Waals surface area contributed by atoms with Crippen LogP contribution >= 0.6 is 0 Å². The maximum atomic E-state index is 10.4. The second kappa shape index (κ2) is 4.41. The zero-order valence-corrected chi connectivity index (χ0v) is 8.24. The van der Waals surface area contributed by atoms with Crippen LogP contribution < -0.4 is 11.2 Å². The minimum atomic E-state index is -0.656. The molecule has 0 unspecified atom stereocenters. The molecule has 1 aromatic rings. The average Bonchev–Trinajstić information content (AvgIpc) is 2.15. The molecule has 0 aromatic heterocycles. The highest BCUT2D eigenvalue weighted by atomic mass is 16.2. The van der Waals surface area contributed by atoms with Gasteiger partial charge in [-0.25, -0.2) is 10.2 Å². The Morgan fingerprint density at radius 2 is 1.93 bits per heavy atom. The van der Waals surface area contributed by atoms with E-state index in [9.17, 15) is 4.79 Å². The van der Waals surface area contributed by atoms with E-state index in [1.807, 2.05) is 31.2 Å². The normalized spacial score (nSPS) is 11.1. The van der Waals surface area contributed by atoms with Crippen molar-refractivity contribution in [1.29, 1.82) is 0 Å². The number of primary amides is 1. The molecule has 4 heteroatoms. The van der Waals surface area contributed by atoms with Crippen molar-refractivity contribution in [2.45, 2.75) is 13.8 Å². The minimum absolute atomic E-state index is 0.656. The second-order valence-corrected chi connectivity index (χ2v) is 3.04. The van der Waals surface area contributed by atoms with Crippen molar-refractivity contribution in [3.63, 3.8) is 0 Å². The lowest BCUT2D eigenvalue weighted by Gasteiger charge is -2.01. The summed E-state index contributed by atoms with van der Waals surface area (Å²) in [7, 11) is 0. The molecule has 74 valence electrons. The van der Waals surface area contributed by atoms with Crippen molar-refractivity contribution in [3.05, 3.63) is 35.4 Å². The summed E-state index contributed by atoms with van der Waals surface area (Å²) in [5.41, 5.74) is 9.94. The summed E-state index contributed by atoms with van der Waals surface area (Å²) >= 11 is 0. The Morgan fingerprint density at radius 3 is 2.43 bits per heavy atom. The van der Waals surface area contributed by atoms with Crippen LogP contribution in [-0.4, -0.2) is 11.7 Å². The van der Waals surface area contributed by atoms with Crippen LogP contribution in [0.3, 0.4) is 0 Å². The quantitative estimate of drug-likeness (QED) is 0.538. The number of benzene rings is 1. The largest absolute Gasteiger partial charge is 0.350 e. The van der Waals surface area contributed by atoms with E-state index in [0.29, 0.717) is 0 Å². The summed E-state index contributed by atoms with van der Waals surface area (Å²) in [6.07, 6.45) is 0. The van der Waals surface area contributed by atoms with Gasteiger partial charge < -0.3 is 5.73 Å². The van der Waals surface area contributed by atoms with Crippen molar-refractivity contribution >= 4 is 11.7 Å². The van der Waals surface area contributed by atoms with Crippen LogP contribution in [0.15, 0.2) is 29.4 Å². The van der Waals surface area contributed by atoms with Gasteiger partial charge in [0.1, 0.15) is 0 Å². The third-order valence-corrected chi connectivity index (χ3v) is 1.80. The van der Waals surface area contributed by atoms with Gasteiger partial charge in [-0.1, -0.05) is 29.8 Å². The van der Waals surface area contributed by atoms with Gasteiger partial charge in [0.2, 0.25) is 0 Å². The van der Waals surface area contributed by atoms with Gasteiger partial charge in [0, 0.05) is 0 Å². The molecule has 14 heavy (non-hydrogen) atoms. The first-order valence-corrected chi connectivity index (χ1v) is 4.26. The molecule has 0 aliphatic carbocycles. The first kappa shape index (κ1) is 10.2. The molecule has 0 saturated carbocycles. The third-order valence-electron chi connectivity index (χ3n) is 1.80. The fourth-order valence-corrected chi connectivity index (χ4v) is 0.998. The van der Waals surface area contributed by atoms with Gasteiger partial charge >= 0.3 is 6.03 Å². The van der Waals surface area contributed by atoms with E-state index in [0.717, 1.165) is 11.3 Å². The van der Waals surface area contributed by atoms with Gasteiger partial charge in [-0.15, -0.1) is 0 Å². The highest BCUT2D eigenvalue weighted by Crippen LogP contribution is 2.03. The molecule has 1 rings (SSSR count). The summed E-state index contributed by atoms with van der Waals surface area (Å²) in [5, 5.41) is 3.82. The number of carbonyl (C=O) groups excluding carboxylic acids is 1. The smallest absolute Gasteiger partial charge is 0.332 e. The number of amides is 2. The van der Waals surface area contributed by atoms with Crippen LogP contribution in [0.2, 0.25) is 0 Å². The average molecular weight is 191 g/mol. The maximum absolute atomic E-state index is 10.4. The van der Waals surface area contributed by atoms with E-state index < -0.39 is 6.03 Å². The molecule has 3 N–H and O–H groups in total. The predicted molar refractivity (Wildman–Crippen MR) is 56.1 cm³/mol. The molecule has 2 amide bonds. The number of nitrogens with one attached hydrogen (secondary N) is 1. The van der Waals surface area contributed by atoms with Crippen LogP contribution in [-0.2, 0) is 0 Å². The Hall–Kier alpha value is -1.84. The maximum Gasteiger partial charge on any atom is 0.332 e. The Morgan fingerprint density at radius 1 is 1.36 bits per heavy atom. The van der Waals surface area contributed by atoms with Crippen LogP contribution in [0.5, 0.6) is 0 Å². The van der Waals surface area contributed by atoms with Crippen LogP contribution in [0.1, 0.15) is 18.1 Å². The monoisotopic (exact) mass is 191 g/mol. The Balaban J connectivity index is 2.78. The molecule has 1 aromatic carbocycles. The van der Waals surface area contributed by atoms with E-state index in [1.54, 1.807) is 6.92 Å². The number of urea groups is 1. The third kappa shape index (κ3) is 2.90. The number of carbonyl (C=O) groups is 1. The van der Waals surface area contributed by atoms with Crippen molar-refractivity contribution in [2.24, 2.45) is 10.8 Å². The lowest BCUT2D eigenvalue weighted by atomic mass is 10.1. The van der Waals surface area contributed by atoms with E-state index in [1.165, 1.54) is 5.56 Å². The Bertz CT molecular complexity index is 354. The molecule has 0 fully saturated rings. The minimum Gasteiger partial charge on any atom is -0.350 e. The zero-order valence-electron chi connectivity index (χ0n) is 8.24. The molecule has 0 saturated heterocycles. The molecule has 0 atom stereocenters. The molecular weight excluding hydrogens is 178 g/mol. The van der Waals surface area contributed by atoms with Gasteiger partial charge in [-0.2, -0.15) is 5.10 Å². The van der Waals surface area contributed by atoms with Gasteiger partial charge in [-0.05, 0) is 19.4 Å². The number of hydrogen-bond acceptors (Lipinski definition) is 2. The number of nitrogens with zero attached hydrogens (tertiary/aromatic N) is 1. The SMILES string of the molecule is C/C(=N/NC(N)=O)c1ccc(C)cc1. The van der Waals surface area contributed by atoms with E-state index in [4.69, 9.17) is 5.73 Å². The van der Waals surface area contributed by atoms with E-state index in [2.05, 4.69) is 10.5 Å². The fraction of sp³-hybridized carbons (Fsp3) is 0.200. The topological polar surface area (TPSA) is 67.5 Å². The van der Waals surface area contributed by atoms with Gasteiger partial charge in [0.05, 0.1) is 5.71 Å². The molecular formula is C10H13N3O. The molecule has 0 aliphatic rings. The summed E-state index contributed by atoms with van der Waals surface area (Å²) in [4.78, 5) is 10.4. The number of nitrogens with two attached hydrogens (primary N) is 1. The predicted octanol–water partition coefficient (Wildman–Crippen LogP) is 1.39. The first-order chi connectivity index (χ1) is 6.59. The molecule has 0 spiro atoms. The van der Waals surface area contributed by atoms with Gasteiger partial charge in [-0.3, -0.25) is 0 Å². The standard InChI is InChI=1S/C10H13N3O/c1-7-3-5-9(6-4-7)8(2)12-13-10(11)14/h3-6H,1-2H3,(H3,11,13,14)/b12-8-. The van der Waals surface area contributed by atoms with E-state index in [-0.39, 0.29) is 0 Å². The molecule has 0 heterocycles. The van der Waals surface area contributed by atoms with Crippen molar-refractivity contribution in [2.75, 3.05) is 0 Å². The van der Waals surface area contributed by atoms with E-state index >= 15 is 0 Å². The van der Waals surface area contributed by atoms with Crippen molar-refractivity contribution < 1.29 is 4.79 Å². The second-order valence-electron chi connectivity index (χ2n) is 3.04. The van der Waals surface area contributed by atoms with Crippen molar-refractivity contribution in [3.8, 4) is 0 Å². The molecule has 4 nitrogen and oxygen atoms in total. The van der Waals surface area contributed by atoms with Crippen LogP contribution in [0.4, 0.5) is 4.79 Å². The number of hydrogen-bond donors (Lipinski definition) is 2. The zero-order chi connectivity index (χ0) is 10.6. The summed E-state index contributed by atoms with van der Waals surface area (Å²) in [6, 6.07) is 7.20.